The van der Waals surface area contributed by atoms with E-state index in [1.165, 1.54) is 4.74 Å². The molecule has 0 saturated heterocycles. The van der Waals surface area contributed by atoms with E-state index >= 15 is 0 Å². The lowest BCUT2D eigenvalue weighted by molar-refractivity contribution is -0.546. The molecule has 0 bridgehead atoms. The summed E-state index contributed by atoms with van der Waals surface area (Å²) in [6.45, 7) is 0. The first-order valence-electron chi connectivity index (χ1n) is 8.24. The fourth-order valence-electron chi connectivity index (χ4n) is 1.91. The van der Waals surface area contributed by atoms with Gasteiger partial charge in [-0.25, -0.2) is 4.74 Å². The van der Waals surface area contributed by atoms with Crippen LogP contribution in [-0.4, -0.2) is 54.3 Å². The Labute approximate surface area is 199 Å². The monoisotopic (exact) mass is 649 g/mol. The first kappa shape index (κ1) is 32.9. The Balaban J connectivity index is 3.63. The van der Waals surface area contributed by atoms with Crippen molar-refractivity contribution in [1.29, 1.82) is 0 Å². The summed E-state index contributed by atoms with van der Waals surface area (Å²) in [6, 6.07) is 2.99. The molecule has 1 N–H and O–H groups in total. The van der Waals surface area contributed by atoms with Crippen molar-refractivity contribution in [2.45, 2.75) is 48.4 Å². The third kappa shape index (κ3) is 6.15. The summed E-state index contributed by atoms with van der Waals surface area (Å²) in [6.07, 6.45) is -38.5. The van der Waals surface area contributed by atoms with Crippen LogP contribution in [0, 0.1) is 0 Å². The number of alkyl halides is 17. The van der Waals surface area contributed by atoms with Crippen LogP contribution < -0.4 is 5.32 Å². The van der Waals surface area contributed by atoms with Crippen molar-refractivity contribution >= 4 is 27.5 Å². The minimum atomic E-state index is -8.01. The van der Waals surface area contributed by atoms with Gasteiger partial charge in [0, 0.05) is 10.2 Å². The lowest BCUT2D eigenvalue weighted by Crippen LogP contribution is -2.68. The van der Waals surface area contributed by atoms with Crippen LogP contribution in [-0.2, 0) is 14.3 Å². The Morgan fingerprint density at radius 1 is 0.622 bits per heavy atom. The minimum absolute atomic E-state index is 0.123. The highest BCUT2D eigenvalue weighted by Crippen LogP contribution is 2.56. The smallest absolute Gasteiger partial charge is 0.321 e. The van der Waals surface area contributed by atoms with E-state index in [1.807, 2.05) is 4.74 Å². The summed E-state index contributed by atoms with van der Waals surface area (Å²) in [5.41, 5.74) is -0.945. The SMILES string of the molecule is O=C(Nc1ccc(Br)cc1)[C@@](F)(O[C@@](F)(C(F)(F)F)C(F)(F)OC(F)(F)C(F)(F)C(F)(F)F)C(F)(F)F. The van der Waals surface area contributed by atoms with Crippen molar-refractivity contribution < 1.29 is 88.9 Å². The van der Waals surface area contributed by atoms with Gasteiger partial charge in [-0.05, 0) is 24.3 Å². The van der Waals surface area contributed by atoms with Gasteiger partial charge < -0.3 is 5.32 Å². The molecule has 0 aliphatic heterocycles. The summed E-state index contributed by atoms with van der Waals surface area (Å²) in [4.78, 5) is 11.7. The fraction of sp³-hybridized carbons (Fsp3) is 0.533. The maximum Gasteiger partial charge on any atom is 0.462 e. The lowest BCUT2D eigenvalue weighted by atomic mass is 10.2. The highest BCUT2D eigenvalue weighted by atomic mass is 79.9. The maximum atomic E-state index is 14.5. The van der Waals surface area contributed by atoms with Crippen molar-refractivity contribution in [3.8, 4) is 0 Å². The van der Waals surface area contributed by atoms with Crippen molar-refractivity contribution in [1.82, 2.24) is 0 Å². The number of amides is 1. The topological polar surface area (TPSA) is 47.6 Å². The van der Waals surface area contributed by atoms with Crippen molar-refractivity contribution in [3.05, 3.63) is 28.7 Å². The average Bonchev–Trinajstić information content (AvgIpc) is 2.65. The number of hydrogen-bond donors (Lipinski definition) is 1. The number of halogens is 18. The first-order valence-corrected chi connectivity index (χ1v) is 9.04. The number of benzene rings is 1. The van der Waals surface area contributed by atoms with Crippen LogP contribution in [0.3, 0.4) is 0 Å². The molecule has 37 heavy (non-hydrogen) atoms. The summed E-state index contributed by atoms with van der Waals surface area (Å²) in [7, 11) is 0. The molecule has 22 heteroatoms. The molecule has 1 rings (SSSR count). The van der Waals surface area contributed by atoms with Gasteiger partial charge in [-0.3, -0.25) is 9.53 Å². The molecule has 2 atom stereocenters. The second-order valence-electron chi connectivity index (χ2n) is 6.46. The van der Waals surface area contributed by atoms with Crippen molar-refractivity contribution in [3.63, 3.8) is 0 Å². The normalized spacial score (nSPS) is 17.7. The van der Waals surface area contributed by atoms with Crippen molar-refractivity contribution in [2.24, 2.45) is 0 Å². The number of ether oxygens (including phenoxy) is 2. The molecule has 0 saturated carbocycles. The molecule has 0 spiro atoms. The van der Waals surface area contributed by atoms with E-state index in [1.54, 1.807) is 0 Å². The van der Waals surface area contributed by atoms with Gasteiger partial charge in [0.25, 0.3) is 5.91 Å². The largest absolute Gasteiger partial charge is 0.462 e. The second kappa shape index (κ2) is 9.58. The van der Waals surface area contributed by atoms with Crippen LogP contribution in [0.15, 0.2) is 28.7 Å². The van der Waals surface area contributed by atoms with Crippen LogP contribution in [0.4, 0.5) is 80.3 Å². The zero-order valence-corrected chi connectivity index (χ0v) is 17.9. The summed E-state index contributed by atoms with van der Waals surface area (Å²) < 4.78 is 226. The van der Waals surface area contributed by atoms with E-state index in [0.29, 0.717) is 12.1 Å². The van der Waals surface area contributed by atoms with E-state index < -0.39 is 60.0 Å². The lowest BCUT2D eigenvalue weighted by Gasteiger charge is -2.40. The molecule has 0 aromatic heterocycles. The van der Waals surface area contributed by atoms with E-state index in [0.717, 1.165) is 17.4 Å². The molecule has 0 unspecified atom stereocenters. The standard InChI is InChI=1S/C15H5BrF17NO3/c16-5-1-3-6(4-2-5)34-7(35)8(17,11(21,22)23)36-10(20,13(27,28)29)15(32,33)37-14(30,31)9(18,19)12(24,25)26/h1-4H,(H,34,35)/t8-,10+/m1/s1. The van der Waals surface area contributed by atoms with E-state index in [9.17, 15) is 79.4 Å². The molecule has 0 aliphatic rings. The van der Waals surface area contributed by atoms with Gasteiger partial charge in [0.1, 0.15) is 0 Å². The molecule has 0 aliphatic carbocycles. The van der Waals surface area contributed by atoms with Crippen LogP contribution in [0.5, 0.6) is 0 Å². The van der Waals surface area contributed by atoms with Crippen LogP contribution in [0.2, 0.25) is 0 Å². The summed E-state index contributed by atoms with van der Waals surface area (Å²) in [5.74, 6) is -26.2. The van der Waals surface area contributed by atoms with Gasteiger partial charge in [0.15, 0.2) is 0 Å². The predicted molar refractivity (Wildman–Crippen MR) is 85.6 cm³/mol. The number of carbonyl (C=O) groups excluding carboxylic acids is 1. The van der Waals surface area contributed by atoms with E-state index in [-0.39, 0.29) is 4.47 Å². The highest BCUT2D eigenvalue weighted by Gasteiger charge is 2.85. The zero-order valence-electron chi connectivity index (χ0n) is 16.3. The molecular formula is C15H5BrF17NO3. The average molecular weight is 650 g/mol. The van der Waals surface area contributed by atoms with Gasteiger partial charge in [0.2, 0.25) is 0 Å². The Bertz CT molecular complexity index is 974. The highest BCUT2D eigenvalue weighted by molar-refractivity contribution is 9.10. The van der Waals surface area contributed by atoms with Crippen LogP contribution in [0.25, 0.3) is 0 Å². The van der Waals surface area contributed by atoms with Gasteiger partial charge >= 0.3 is 48.4 Å². The fourth-order valence-corrected chi connectivity index (χ4v) is 2.17. The summed E-state index contributed by atoms with van der Waals surface area (Å²) in [5, 5.41) is 0.818. The van der Waals surface area contributed by atoms with E-state index in [4.69, 9.17) is 0 Å². The number of hydrogen-bond acceptors (Lipinski definition) is 3. The molecule has 0 heterocycles. The van der Waals surface area contributed by atoms with Crippen molar-refractivity contribution in [2.75, 3.05) is 5.32 Å². The van der Waals surface area contributed by atoms with Crippen LogP contribution >= 0.6 is 15.9 Å². The maximum absolute atomic E-state index is 14.5. The number of carbonyl (C=O) groups is 1. The molecule has 0 radical (unpaired) electrons. The molecule has 1 aromatic carbocycles. The van der Waals surface area contributed by atoms with Crippen LogP contribution in [0.1, 0.15) is 0 Å². The van der Waals surface area contributed by atoms with Gasteiger partial charge in [-0.2, -0.15) is 74.6 Å². The van der Waals surface area contributed by atoms with Gasteiger partial charge in [-0.1, -0.05) is 15.9 Å². The van der Waals surface area contributed by atoms with E-state index in [2.05, 4.69) is 15.9 Å². The Morgan fingerprint density at radius 3 is 1.41 bits per heavy atom. The number of rotatable bonds is 8. The molecule has 214 valence electrons. The second-order valence-corrected chi connectivity index (χ2v) is 7.37. The van der Waals surface area contributed by atoms with Gasteiger partial charge in [-0.15, -0.1) is 0 Å². The Hall–Kier alpha value is -2.10. The zero-order chi connectivity index (χ0) is 29.7. The van der Waals surface area contributed by atoms with Gasteiger partial charge in [0.05, 0.1) is 0 Å². The quantitative estimate of drug-likeness (QED) is 0.302. The minimum Gasteiger partial charge on any atom is -0.321 e. The third-order valence-corrected chi connectivity index (χ3v) is 4.29. The predicted octanol–water partition coefficient (Wildman–Crippen LogP) is 7.26. The molecule has 0 fully saturated rings. The Kier molecular flexibility index (Phi) is 8.52. The molecule has 4 nitrogen and oxygen atoms in total. The number of nitrogens with one attached hydrogen (secondary N) is 1. The first-order chi connectivity index (χ1) is 16.1. The molecule has 1 aromatic rings. The summed E-state index contributed by atoms with van der Waals surface area (Å²) >= 11 is 2.77. The molecular weight excluding hydrogens is 645 g/mol. The Morgan fingerprint density at radius 2 is 1.05 bits per heavy atom. The molecule has 1 amide bonds. The third-order valence-electron chi connectivity index (χ3n) is 3.76. The number of anilines is 1.